The summed E-state index contributed by atoms with van der Waals surface area (Å²) in [6.07, 6.45) is -0.257. The fourth-order valence-corrected chi connectivity index (χ4v) is 2.11. The Morgan fingerprint density at radius 2 is 1.38 bits per heavy atom. The minimum Gasteiger partial charge on any atom is -0.462 e. The van der Waals surface area contributed by atoms with Gasteiger partial charge in [0.15, 0.2) is 5.78 Å². The Morgan fingerprint density at radius 1 is 0.857 bits per heavy atom. The Kier molecular flexibility index (Phi) is 4.88. The van der Waals surface area contributed by atoms with Crippen molar-refractivity contribution in [3.63, 3.8) is 0 Å². The Bertz CT molecular complexity index is 603. The minimum atomic E-state index is -0.920. The van der Waals surface area contributed by atoms with Crippen molar-refractivity contribution in [2.24, 2.45) is 0 Å². The van der Waals surface area contributed by atoms with Crippen LogP contribution < -0.4 is 0 Å². The van der Waals surface area contributed by atoms with Gasteiger partial charge in [0.25, 0.3) is 0 Å². The summed E-state index contributed by atoms with van der Waals surface area (Å²) in [5, 5.41) is 0. The van der Waals surface area contributed by atoms with Gasteiger partial charge in [-0.1, -0.05) is 60.7 Å². The van der Waals surface area contributed by atoms with Crippen molar-refractivity contribution in [1.29, 1.82) is 0 Å². The van der Waals surface area contributed by atoms with Crippen LogP contribution in [0.4, 0.5) is 0 Å². The van der Waals surface area contributed by atoms with E-state index in [9.17, 15) is 9.59 Å². The topological polar surface area (TPSA) is 43.4 Å². The van der Waals surface area contributed by atoms with Gasteiger partial charge in [0.1, 0.15) is 5.92 Å². The second kappa shape index (κ2) is 6.84. The molecule has 0 fully saturated rings. The third-order valence-electron chi connectivity index (χ3n) is 3.04. The SMILES string of the molecule is CC(C)OC(=O)C(C(=O)c1ccccc1)c1ccccc1. The smallest absolute Gasteiger partial charge is 0.321 e. The monoisotopic (exact) mass is 282 g/mol. The van der Waals surface area contributed by atoms with E-state index in [0.29, 0.717) is 11.1 Å². The molecule has 2 aromatic carbocycles. The molecule has 0 aliphatic rings. The van der Waals surface area contributed by atoms with Gasteiger partial charge in [-0.25, -0.2) is 0 Å². The van der Waals surface area contributed by atoms with Crippen molar-refractivity contribution in [3.05, 3.63) is 71.8 Å². The fourth-order valence-electron chi connectivity index (χ4n) is 2.11. The van der Waals surface area contributed by atoms with Crippen molar-refractivity contribution in [1.82, 2.24) is 0 Å². The maximum atomic E-state index is 12.7. The van der Waals surface area contributed by atoms with E-state index in [0.717, 1.165) is 0 Å². The number of carbonyl (C=O) groups excluding carboxylic acids is 2. The first-order valence-electron chi connectivity index (χ1n) is 6.94. The summed E-state index contributed by atoms with van der Waals surface area (Å²) in [6.45, 7) is 3.54. The molecular formula is C18H18O3. The Balaban J connectivity index is 2.37. The maximum Gasteiger partial charge on any atom is 0.321 e. The number of rotatable bonds is 5. The van der Waals surface area contributed by atoms with Crippen LogP contribution in [0, 0.1) is 0 Å². The highest BCUT2D eigenvalue weighted by Crippen LogP contribution is 2.23. The first-order chi connectivity index (χ1) is 10.1. The van der Waals surface area contributed by atoms with Gasteiger partial charge in [-0.3, -0.25) is 9.59 Å². The van der Waals surface area contributed by atoms with Crippen molar-refractivity contribution in [2.75, 3.05) is 0 Å². The first kappa shape index (κ1) is 15.0. The molecule has 0 radical (unpaired) electrons. The van der Waals surface area contributed by atoms with E-state index in [1.807, 2.05) is 24.3 Å². The number of ketones is 1. The summed E-state index contributed by atoms with van der Waals surface area (Å²) >= 11 is 0. The molecule has 0 aliphatic heterocycles. The summed E-state index contributed by atoms with van der Waals surface area (Å²) < 4.78 is 5.25. The molecule has 0 aromatic heterocycles. The lowest BCUT2D eigenvalue weighted by atomic mass is 9.90. The number of esters is 1. The average Bonchev–Trinajstić information content (AvgIpc) is 2.48. The first-order valence-corrected chi connectivity index (χ1v) is 6.94. The van der Waals surface area contributed by atoms with Gasteiger partial charge in [0.05, 0.1) is 6.10 Å². The molecule has 2 rings (SSSR count). The van der Waals surface area contributed by atoms with Crippen LogP contribution in [-0.2, 0) is 9.53 Å². The minimum absolute atomic E-state index is 0.243. The molecule has 108 valence electrons. The molecule has 0 N–H and O–H groups in total. The zero-order chi connectivity index (χ0) is 15.2. The normalized spacial score (nSPS) is 12.0. The Hall–Kier alpha value is -2.42. The van der Waals surface area contributed by atoms with Crippen LogP contribution in [0.3, 0.4) is 0 Å². The predicted octanol–water partition coefficient (Wildman–Crippen LogP) is 3.60. The lowest BCUT2D eigenvalue weighted by Gasteiger charge is -2.17. The largest absolute Gasteiger partial charge is 0.462 e. The van der Waals surface area contributed by atoms with Crippen molar-refractivity contribution >= 4 is 11.8 Å². The molecular weight excluding hydrogens is 264 g/mol. The van der Waals surface area contributed by atoms with Crippen LogP contribution in [0.15, 0.2) is 60.7 Å². The van der Waals surface area contributed by atoms with Crippen LogP contribution in [0.5, 0.6) is 0 Å². The molecule has 1 atom stereocenters. The number of Topliss-reactive ketones (excluding diaryl/α,β-unsaturated/α-hetero) is 1. The molecule has 0 saturated carbocycles. The lowest BCUT2D eigenvalue weighted by Crippen LogP contribution is -2.26. The number of ether oxygens (including phenoxy) is 1. The molecule has 3 nitrogen and oxygen atoms in total. The maximum absolute atomic E-state index is 12.7. The van der Waals surface area contributed by atoms with Crippen molar-refractivity contribution in [3.8, 4) is 0 Å². The van der Waals surface area contributed by atoms with Crippen molar-refractivity contribution < 1.29 is 14.3 Å². The molecule has 0 spiro atoms. The van der Waals surface area contributed by atoms with Gasteiger partial charge in [-0.15, -0.1) is 0 Å². The molecule has 21 heavy (non-hydrogen) atoms. The number of hydrogen-bond donors (Lipinski definition) is 0. The van der Waals surface area contributed by atoms with Crippen LogP contribution in [0.1, 0.15) is 35.7 Å². The Labute approximate surface area is 124 Å². The lowest BCUT2D eigenvalue weighted by molar-refractivity contribution is -0.147. The second-order valence-electron chi connectivity index (χ2n) is 5.06. The highest BCUT2D eigenvalue weighted by atomic mass is 16.5. The zero-order valence-corrected chi connectivity index (χ0v) is 12.2. The molecule has 0 amide bonds. The quantitative estimate of drug-likeness (QED) is 0.478. The van der Waals surface area contributed by atoms with Crippen molar-refractivity contribution in [2.45, 2.75) is 25.9 Å². The van der Waals surface area contributed by atoms with E-state index in [1.165, 1.54) is 0 Å². The summed E-state index contributed by atoms with van der Waals surface area (Å²) in [5.41, 5.74) is 1.16. The zero-order valence-electron chi connectivity index (χ0n) is 12.2. The van der Waals surface area contributed by atoms with Gasteiger partial charge in [-0.2, -0.15) is 0 Å². The number of carbonyl (C=O) groups is 2. The van der Waals surface area contributed by atoms with Gasteiger partial charge in [-0.05, 0) is 19.4 Å². The molecule has 0 aliphatic carbocycles. The fraction of sp³-hybridized carbons (Fsp3) is 0.222. The number of hydrogen-bond acceptors (Lipinski definition) is 3. The van der Waals surface area contributed by atoms with Crippen LogP contribution in [0.25, 0.3) is 0 Å². The van der Waals surface area contributed by atoms with E-state index in [1.54, 1.807) is 50.2 Å². The van der Waals surface area contributed by atoms with E-state index < -0.39 is 11.9 Å². The van der Waals surface area contributed by atoms with Gasteiger partial charge in [0, 0.05) is 5.56 Å². The highest BCUT2D eigenvalue weighted by molar-refractivity contribution is 6.12. The van der Waals surface area contributed by atoms with E-state index >= 15 is 0 Å². The van der Waals surface area contributed by atoms with Crippen LogP contribution >= 0.6 is 0 Å². The summed E-state index contributed by atoms with van der Waals surface area (Å²) in [4.78, 5) is 25.0. The Morgan fingerprint density at radius 3 is 1.90 bits per heavy atom. The van der Waals surface area contributed by atoms with E-state index in [4.69, 9.17) is 4.74 Å². The van der Waals surface area contributed by atoms with Gasteiger partial charge in [0.2, 0.25) is 0 Å². The molecule has 1 unspecified atom stereocenters. The molecule has 0 heterocycles. The van der Waals surface area contributed by atoms with Gasteiger partial charge < -0.3 is 4.74 Å². The van der Waals surface area contributed by atoms with Crippen LogP contribution in [0.2, 0.25) is 0 Å². The van der Waals surface area contributed by atoms with E-state index in [2.05, 4.69) is 0 Å². The molecule has 2 aromatic rings. The third kappa shape index (κ3) is 3.78. The third-order valence-corrected chi connectivity index (χ3v) is 3.04. The summed E-state index contributed by atoms with van der Waals surface area (Å²) in [6, 6.07) is 17.8. The van der Waals surface area contributed by atoms with E-state index in [-0.39, 0.29) is 11.9 Å². The molecule has 0 saturated heterocycles. The highest BCUT2D eigenvalue weighted by Gasteiger charge is 2.31. The van der Waals surface area contributed by atoms with Crippen LogP contribution in [-0.4, -0.2) is 17.9 Å². The predicted molar refractivity (Wildman–Crippen MR) is 81.2 cm³/mol. The second-order valence-corrected chi connectivity index (χ2v) is 5.06. The summed E-state index contributed by atoms with van der Waals surface area (Å²) in [7, 11) is 0. The number of benzene rings is 2. The van der Waals surface area contributed by atoms with Gasteiger partial charge >= 0.3 is 5.97 Å². The molecule has 3 heteroatoms. The molecule has 0 bridgehead atoms. The summed E-state index contributed by atoms with van der Waals surface area (Å²) in [5.74, 6) is -1.67. The average molecular weight is 282 g/mol. The standard InChI is InChI=1S/C18H18O3/c1-13(2)21-18(20)16(14-9-5-3-6-10-14)17(19)15-11-7-4-8-12-15/h3-13,16H,1-2H3.